The SMILES string of the molecule is CCOc1cc(NCCc2ccns2)ncn1. The second kappa shape index (κ2) is 6.15. The minimum Gasteiger partial charge on any atom is -0.478 e. The summed E-state index contributed by atoms with van der Waals surface area (Å²) in [6.45, 7) is 3.36. The summed E-state index contributed by atoms with van der Waals surface area (Å²) >= 11 is 1.52. The summed E-state index contributed by atoms with van der Waals surface area (Å²) in [7, 11) is 0. The predicted molar refractivity (Wildman–Crippen MR) is 67.5 cm³/mol. The highest BCUT2D eigenvalue weighted by molar-refractivity contribution is 7.05. The van der Waals surface area contributed by atoms with E-state index in [0.29, 0.717) is 12.5 Å². The standard InChI is InChI=1S/C11H14N4OS/c1-2-16-11-7-10(13-8-14-11)12-5-3-9-4-6-15-17-9/h4,6-8H,2-3,5H2,1H3,(H,12,13,14). The third-order valence-corrected chi connectivity index (χ3v) is 2.90. The molecule has 6 heteroatoms. The van der Waals surface area contributed by atoms with Crippen molar-refractivity contribution in [2.75, 3.05) is 18.5 Å². The second-order valence-electron chi connectivity index (χ2n) is 3.33. The van der Waals surface area contributed by atoms with Crippen molar-refractivity contribution in [2.24, 2.45) is 0 Å². The quantitative estimate of drug-likeness (QED) is 0.849. The molecule has 0 amide bonds. The lowest BCUT2D eigenvalue weighted by molar-refractivity contribution is 0.326. The monoisotopic (exact) mass is 250 g/mol. The summed E-state index contributed by atoms with van der Waals surface area (Å²) < 4.78 is 9.35. The Labute approximate surface area is 104 Å². The second-order valence-corrected chi connectivity index (χ2v) is 4.25. The molecule has 2 rings (SSSR count). The molecule has 0 aromatic carbocycles. The minimum absolute atomic E-state index is 0.600. The average Bonchev–Trinajstić information content (AvgIpc) is 2.83. The molecule has 0 saturated carbocycles. The molecule has 0 bridgehead atoms. The van der Waals surface area contributed by atoms with Crippen molar-refractivity contribution in [2.45, 2.75) is 13.3 Å². The van der Waals surface area contributed by atoms with Crippen molar-refractivity contribution < 1.29 is 4.74 Å². The summed E-state index contributed by atoms with van der Waals surface area (Å²) in [6, 6.07) is 3.83. The normalized spacial score (nSPS) is 10.2. The molecule has 90 valence electrons. The molecule has 17 heavy (non-hydrogen) atoms. The maximum Gasteiger partial charge on any atom is 0.218 e. The summed E-state index contributed by atoms with van der Waals surface area (Å²) in [5.41, 5.74) is 0. The number of hydrogen-bond donors (Lipinski definition) is 1. The van der Waals surface area contributed by atoms with E-state index in [9.17, 15) is 0 Å². The molecule has 0 unspecified atom stereocenters. The molecular formula is C11H14N4OS. The molecule has 2 aromatic rings. The third kappa shape index (κ3) is 3.67. The van der Waals surface area contributed by atoms with Crippen LogP contribution in [0, 0.1) is 0 Å². The highest BCUT2D eigenvalue weighted by Crippen LogP contribution is 2.11. The fraction of sp³-hybridized carbons (Fsp3) is 0.364. The van der Waals surface area contributed by atoms with E-state index in [1.807, 2.05) is 19.2 Å². The Kier molecular flexibility index (Phi) is 4.26. The van der Waals surface area contributed by atoms with Crippen LogP contribution < -0.4 is 10.1 Å². The summed E-state index contributed by atoms with van der Waals surface area (Å²) in [5, 5.41) is 3.23. The Balaban J connectivity index is 1.84. The van der Waals surface area contributed by atoms with Crippen molar-refractivity contribution in [3.63, 3.8) is 0 Å². The van der Waals surface area contributed by atoms with E-state index in [4.69, 9.17) is 4.74 Å². The number of nitrogens with one attached hydrogen (secondary N) is 1. The van der Waals surface area contributed by atoms with Gasteiger partial charge in [-0.3, -0.25) is 0 Å². The molecule has 0 aliphatic heterocycles. The van der Waals surface area contributed by atoms with Crippen LogP contribution in [0.4, 0.5) is 5.82 Å². The van der Waals surface area contributed by atoms with Gasteiger partial charge in [-0.25, -0.2) is 14.3 Å². The van der Waals surface area contributed by atoms with Crippen LogP contribution in [0.5, 0.6) is 5.88 Å². The zero-order chi connectivity index (χ0) is 11.9. The van der Waals surface area contributed by atoms with E-state index < -0.39 is 0 Å². The Hall–Kier alpha value is -1.69. The van der Waals surface area contributed by atoms with Gasteiger partial charge in [-0.2, -0.15) is 0 Å². The zero-order valence-electron chi connectivity index (χ0n) is 9.59. The molecule has 0 saturated heterocycles. The molecule has 0 radical (unpaired) electrons. The van der Waals surface area contributed by atoms with Crippen molar-refractivity contribution in [1.29, 1.82) is 0 Å². The Morgan fingerprint density at radius 3 is 3.12 bits per heavy atom. The number of hydrogen-bond acceptors (Lipinski definition) is 6. The van der Waals surface area contributed by atoms with Crippen LogP contribution in [0.15, 0.2) is 24.7 Å². The van der Waals surface area contributed by atoms with Crippen molar-refractivity contribution in [3.8, 4) is 5.88 Å². The van der Waals surface area contributed by atoms with Gasteiger partial charge < -0.3 is 10.1 Å². The van der Waals surface area contributed by atoms with Crippen LogP contribution >= 0.6 is 11.5 Å². The zero-order valence-corrected chi connectivity index (χ0v) is 10.4. The predicted octanol–water partition coefficient (Wildman–Crippen LogP) is 1.99. The summed E-state index contributed by atoms with van der Waals surface area (Å²) in [5.74, 6) is 1.38. The molecule has 2 heterocycles. The van der Waals surface area contributed by atoms with E-state index in [0.717, 1.165) is 18.8 Å². The van der Waals surface area contributed by atoms with Gasteiger partial charge in [0.25, 0.3) is 0 Å². The summed E-state index contributed by atoms with van der Waals surface area (Å²) in [4.78, 5) is 9.39. The Morgan fingerprint density at radius 1 is 1.41 bits per heavy atom. The molecule has 0 spiro atoms. The van der Waals surface area contributed by atoms with E-state index in [1.54, 1.807) is 6.07 Å². The number of rotatable bonds is 6. The van der Waals surface area contributed by atoms with Gasteiger partial charge in [0.15, 0.2) is 0 Å². The molecule has 1 N–H and O–H groups in total. The van der Waals surface area contributed by atoms with E-state index in [1.165, 1.54) is 22.7 Å². The first-order valence-electron chi connectivity index (χ1n) is 5.46. The smallest absolute Gasteiger partial charge is 0.218 e. The first kappa shape index (κ1) is 11.8. The highest BCUT2D eigenvalue weighted by atomic mass is 32.1. The van der Waals surface area contributed by atoms with Gasteiger partial charge in [0, 0.05) is 30.1 Å². The molecular weight excluding hydrogens is 236 g/mol. The first-order valence-corrected chi connectivity index (χ1v) is 6.24. The summed E-state index contributed by atoms with van der Waals surface area (Å²) in [6.07, 6.45) is 4.26. The average molecular weight is 250 g/mol. The van der Waals surface area contributed by atoms with Crippen LogP contribution in [0.1, 0.15) is 11.8 Å². The van der Waals surface area contributed by atoms with Gasteiger partial charge in [0.2, 0.25) is 5.88 Å². The van der Waals surface area contributed by atoms with E-state index >= 15 is 0 Å². The van der Waals surface area contributed by atoms with Gasteiger partial charge in [0.05, 0.1) is 6.61 Å². The van der Waals surface area contributed by atoms with Gasteiger partial charge in [0.1, 0.15) is 12.1 Å². The van der Waals surface area contributed by atoms with Crippen LogP contribution in [0.3, 0.4) is 0 Å². The lowest BCUT2D eigenvalue weighted by Gasteiger charge is -2.06. The van der Waals surface area contributed by atoms with Crippen LogP contribution in [-0.2, 0) is 6.42 Å². The van der Waals surface area contributed by atoms with Crippen LogP contribution in [0.2, 0.25) is 0 Å². The fourth-order valence-electron chi connectivity index (χ4n) is 1.35. The molecule has 2 aromatic heterocycles. The van der Waals surface area contributed by atoms with E-state index in [-0.39, 0.29) is 0 Å². The molecule has 0 fully saturated rings. The maximum absolute atomic E-state index is 5.30. The number of aromatic nitrogens is 3. The van der Waals surface area contributed by atoms with E-state index in [2.05, 4.69) is 19.7 Å². The largest absolute Gasteiger partial charge is 0.478 e. The Morgan fingerprint density at radius 2 is 2.35 bits per heavy atom. The fourth-order valence-corrected chi connectivity index (χ4v) is 1.92. The molecule has 5 nitrogen and oxygen atoms in total. The van der Waals surface area contributed by atoms with Gasteiger partial charge in [-0.05, 0) is 24.5 Å². The first-order chi connectivity index (χ1) is 8.38. The van der Waals surface area contributed by atoms with Gasteiger partial charge >= 0.3 is 0 Å². The lowest BCUT2D eigenvalue weighted by atomic mass is 10.3. The van der Waals surface area contributed by atoms with Crippen molar-refractivity contribution in [3.05, 3.63) is 29.5 Å². The number of anilines is 1. The van der Waals surface area contributed by atoms with Gasteiger partial charge in [-0.1, -0.05) is 0 Å². The molecule has 0 aliphatic rings. The number of nitrogens with zero attached hydrogens (tertiary/aromatic N) is 3. The molecule has 0 atom stereocenters. The Bertz CT molecular complexity index is 446. The van der Waals surface area contributed by atoms with Crippen molar-refractivity contribution in [1.82, 2.24) is 14.3 Å². The topological polar surface area (TPSA) is 59.9 Å². The minimum atomic E-state index is 0.600. The number of ether oxygens (including phenoxy) is 1. The van der Waals surface area contributed by atoms with Gasteiger partial charge in [-0.15, -0.1) is 0 Å². The van der Waals surface area contributed by atoms with Crippen LogP contribution in [0.25, 0.3) is 0 Å². The highest BCUT2D eigenvalue weighted by Gasteiger charge is 1.99. The maximum atomic E-state index is 5.30. The van der Waals surface area contributed by atoms with Crippen molar-refractivity contribution >= 4 is 17.4 Å². The lowest BCUT2D eigenvalue weighted by Crippen LogP contribution is -2.06. The van der Waals surface area contributed by atoms with Crippen LogP contribution in [-0.4, -0.2) is 27.5 Å². The molecule has 0 aliphatic carbocycles. The third-order valence-electron chi connectivity index (χ3n) is 2.10.